The van der Waals surface area contributed by atoms with Crippen molar-refractivity contribution >= 4 is 12.1 Å². The minimum atomic E-state index is -0.563. The van der Waals surface area contributed by atoms with Gasteiger partial charge in [-0.2, -0.15) is 0 Å². The summed E-state index contributed by atoms with van der Waals surface area (Å²) in [6.07, 6.45) is -0.199. The van der Waals surface area contributed by atoms with Gasteiger partial charge in [0, 0.05) is 19.4 Å². The second kappa shape index (κ2) is 7.92. The van der Waals surface area contributed by atoms with Crippen molar-refractivity contribution < 1.29 is 19.1 Å². The zero-order chi connectivity index (χ0) is 10.8. The van der Waals surface area contributed by atoms with Gasteiger partial charge >= 0.3 is 12.1 Å². The molecule has 0 saturated carbocycles. The highest BCUT2D eigenvalue weighted by atomic mass is 16.5. The van der Waals surface area contributed by atoms with Gasteiger partial charge in [0.05, 0.1) is 6.61 Å². The summed E-state index contributed by atoms with van der Waals surface area (Å²) in [5.74, 6) is 4.21. The van der Waals surface area contributed by atoms with Gasteiger partial charge in [0.25, 0.3) is 0 Å². The van der Waals surface area contributed by atoms with E-state index in [-0.39, 0.29) is 6.61 Å². The summed E-state index contributed by atoms with van der Waals surface area (Å²) in [4.78, 5) is 21.2. The third-order valence-electron chi connectivity index (χ3n) is 1.13. The van der Waals surface area contributed by atoms with Gasteiger partial charge in [-0.3, -0.25) is 0 Å². The van der Waals surface area contributed by atoms with Crippen LogP contribution in [0.5, 0.6) is 0 Å². The Morgan fingerprint density at radius 3 is 2.64 bits per heavy atom. The summed E-state index contributed by atoms with van der Waals surface area (Å²) in [5.41, 5.74) is 0. The smallest absolute Gasteiger partial charge is 0.406 e. The highest BCUT2D eigenvalue weighted by molar-refractivity contribution is 5.88. The van der Waals surface area contributed by atoms with E-state index in [4.69, 9.17) is 0 Å². The predicted molar refractivity (Wildman–Crippen MR) is 49.4 cm³/mol. The molecule has 1 N–H and O–H groups in total. The molecule has 0 aromatic heterocycles. The Hall–Kier alpha value is -1.70. The van der Waals surface area contributed by atoms with Crippen molar-refractivity contribution in [3.8, 4) is 11.8 Å². The van der Waals surface area contributed by atoms with Crippen LogP contribution in [0.4, 0.5) is 4.79 Å². The first kappa shape index (κ1) is 12.3. The van der Waals surface area contributed by atoms with E-state index < -0.39 is 12.1 Å². The molecule has 0 aromatic carbocycles. The number of amides is 1. The van der Waals surface area contributed by atoms with Gasteiger partial charge in [0.1, 0.15) is 6.61 Å². The monoisotopic (exact) mass is 199 g/mol. The molecule has 0 unspecified atom stereocenters. The van der Waals surface area contributed by atoms with Gasteiger partial charge in [-0.25, -0.2) is 9.59 Å². The highest BCUT2D eigenvalue weighted by Gasteiger charge is 1.95. The largest absolute Gasteiger partial charge is 0.456 e. The maximum atomic E-state index is 10.7. The zero-order valence-electron chi connectivity index (χ0n) is 8.25. The molecule has 0 rings (SSSR count). The molecule has 78 valence electrons. The summed E-state index contributed by atoms with van der Waals surface area (Å²) < 4.78 is 9.19. The number of carbonyl (C=O) groups excluding carboxylic acids is 2. The Balaban J connectivity index is 3.52. The summed E-state index contributed by atoms with van der Waals surface area (Å²) >= 11 is 0. The minimum Gasteiger partial charge on any atom is -0.456 e. The number of ether oxygens (including phenoxy) is 2. The molecule has 0 aliphatic rings. The molecular weight excluding hydrogens is 186 g/mol. The van der Waals surface area contributed by atoms with Crippen molar-refractivity contribution in [3.05, 3.63) is 0 Å². The maximum absolute atomic E-state index is 10.7. The van der Waals surface area contributed by atoms with Gasteiger partial charge in [0.15, 0.2) is 0 Å². The topological polar surface area (TPSA) is 64.6 Å². The molecule has 1 amide bonds. The van der Waals surface area contributed by atoms with Gasteiger partial charge < -0.3 is 14.8 Å². The Bertz CT molecular complexity index is 251. The van der Waals surface area contributed by atoms with Crippen LogP contribution in [0, 0.1) is 11.8 Å². The maximum Gasteiger partial charge on any atom is 0.406 e. The molecule has 0 aliphatic heterocycles. The molecule has 0 heterocycles. The van der Waals surface area contributed by atoms with E-state index in [2.05, 4.69) is 26.6 Å². The van der Waals surface area contributed by atoms with Crippen molar-refractivity contribution in [2.45, 2.75) is 13.3 Å². The molecule has 0 aromatic rings. The summed E-state index contributed by atoms with van der Waals surface area (Å²) in [5, 5.41) is 2.28. The number of carbonyl (C=O) groups is 2. The average molecular weight is 199 g/mol. The third-order valence-corrected chi connectivity index (χ3v) is 1.13. The van der Waals surface area contributed by atoms with E-state index in [1.165, 1.54) is 7.05 Å². The van der Waals surface area contributed by atoms with E-state index in [0.29, 0.717) is 13.0 Å². The molecule has 14 heavy (non-hydrogen) atoms. The number of esters is 1. The van der Waals surface area contributed by atoms with Crippen LogP contribution in [-0.4, -0.2) is 32.3 Å². The normalized spacial score (nSPS) is 8.14. The molecule has 5 nitrogen and oxygen atoms in total. The predicted octanol–water partition coefficient (Wildman–Crippen LogP) is 0.299. The fraction of sp³-hybridized carbons (Fsp3) is 0.556. The fourth-order valence-electron chi connectivity index (χ4n) is 0.569. The van der Waals surface area contributed by atoms with E-state index in [1.807, 2.05) is 0 Å². The molecule has 0 bridgehead atoms. The van der Waals surface area contributed by atoms with Gasteiger partial charge in [-0.1, -0.05) is 5.92 Å². The van der Waals surface area contributed by atoms with Crippen molar-refractivity contribution in [3.63, 3.8) is 0 Å². The summed E-state index contributed by atoms with van der Waals surface area (Å²) in [6.45, 7) is 2.17. The first-order chi connectivity index (χ1) is 6.70. The molecule has 5 heteroatoms. The van der Waals surface area contributed by atoms with Crippen LogP contribution in [0.1, 0.15) is 13.3 Å². The number of hydrogen-bond donors (Lipinski definition) is 1. The molecule has 0 radical (unpaired) electrons. The lowest BCUT2D eigenvalue weighted by molar-refractivity contribution is -0.136. The van der Waals surface area contributed by atoms with Crippen molar-refractivity contribution in [2.24, 2.45) is 0 Å². The van der Waals surface area contributed by atoms with E-state index in [0.717, 1.165) is 0 Å². The second-order valence-corrected chi connectivity index (χ2v) is 2.16. The third kappa shape index (κ3) is 6.98. The van der Waals surface area contributed by atoms with E-state index >= 15 is 0 Å². The molecule has 0 aliphatic carbocycles. The Labute approximate surface area is 82.8 Å². The molecule has 0 spiro atoms. The number of nitrogens with one attached hydrogen (secondary N) is 1. The van der Waals surface area contributed by atoms with Gasteiger partial charge in [0.2, 0.25) is 0 Å². The molecule has 0 atom stereocenters. The molecule has 0 fully saturated rings. The van der Waals surface area contributed by atoms with Gasteiger partial charge in [-0.05, 0) is 6.92 Å². The van der Waals surface area contributed by atoms with Crippen LogP contribution in [0.15, 0.2) is 0 Å². The van der Waals surface area contributed by atoms with E-state index in [1.54, 1.807) is 6.92 Å². The zero-order valence-corrected chi connectivity index (χ0v) is 8.25. The first-order valence-corrected chi connectivity index (χ1v) is 4.20. The lowest BCUT2D eigenvalue weighted by atomic mass is 10.4. The Kier molecular flexibility index (Phi) is 6.96. The fourth-order valence-corrected chi connectivity index (χ4v) is 0.569. The van der Waals surface area contributed by atoms with Crippen LogP contribution in [0.25, 0.3) is 0 Å². The average Bonchev–Trinajstić information content (AvgIpc) is 2.17. The van der Waals surface area contributed by atoms with Crippen LogP contribution in [0.2, 0.25) is 0 Å². The standard InChI is InChI=1S/C9H13NO4/c1-3-13-8(11)6-4-5-7-14-9(12)10-2/h3,5,7H2,1-2H3,(H,10,12). The molecular formula is C9H13NO4. The van der Waals surface area contributed by atoms with Crippen LogP contribution in [0.3, 0.4) is 0 Å². The lowest BCUT2D eigenvalue weighted by Gasteiger charge is -1.98. The number of alkyl carbamates (subject to hydrolysis) is 1. The Morgan fingerprint density at radius 1 is 1.36 bits per heavy atom. The van der Waals surface area contributed by atoms with Crippen LogP contribution < -0.4 is 5.32 Å². The SMILES string of the molecule is CCOC(=O)C#CCCOC(=O)NC. The van der Waals surface area contributed by atoms with E-state index in [9.17, 15) is 9.59 Å². The van der Waals surface area contributed by atoms with Crippen molar-refractivity contribution in [1.29, 1.82) is 0 Å². The van der Waals surface area contributed by atoms with Crippen LogP contribution in [-0.2, 0) is 14.3 Å². The second-order valence-electron chi connectivity index (χ2n) is 2.16. The first-order valence-electron chi connectivity index (χ1n) is 4.20. The number of hydrogen-bond acceptors (Lipinski definition) is 4. The lowest BCUT2D eigenvalue weighted by Crippen LogP contribution is -2.19. The summed E-state index contributed by atoms with van der Waals surface area (Å²) in [6, 6.07) is 0. The Morgan fingerprint density at radius 2 is 2.07 bits per heavy atom. The van der Waals surface area contributed by atoms with Gasteiger partial charge in [-0.15, -0.1) is 0 Å². The highest BCUT2D eigenvalue weighted by Crippen LogP contribution is 1.82. The number of rotatable bonds is 3. The van der Waals surface area contributed by atoms with Crippen molar-refractivity contribution in [2.75, 3.05) is 20.3 Å². The minimum absolute atomic E-state index is 0.159. The van der Waals surface area contributed by atoms with Crippen LogP contribution >= 0.6 is 0 Å². The molecule has 0 saturated heterocycles. The quantitative estimate of drug-likeness (QED) is 0.307. The summed E-state index contributed by atoms with van der Waals surface area (Å²) in [7, 11) is 1.46. The van der Waals surface area contributed by atoms with Crippen molar-refractivity contribution in [1.82, 2.24) is 5.32 Å².